The van der Waals surface area contributed by atoms with E-state index >= 15 is 0 Å². The molecular weight excluding hydrogens is 282 g/mol. The van der Waals surface area contributed by atoms with Crippen LogP contribution in [0.3, 0.4) is 0 Å². The molecular formula is C16H13N3OS. The van der Waals surface area contributed by atoms with Crippen LogP contribution in [0.4, 0.5) is 0 Å². The van der Waals surface area contributed by atoms with E-state index in [1.54, 1.807) is 0 Å². The first-order valence-electron chi connectivity index (χ1n) is 6.52. The van der Waals surface area contributed by atoms with Crippen molar-refractivity contribution < 1.29 is 4.74 Å². The van der Waals surface area contributed by atoms with Crippen LogP contribution in [0.1, 0.15) is 11.1 Å². The maximum atomic E-state index is 5.28. The molecule has 2 aliphatic rings. The summed E-state index contributed by atoms with van der Waals surface area (Å²) in [4.78, 5) is 12.0. The van der Waals surface area contributed by atoms with E-state index < -0.39 is 0 Å². The number of ether oxygens (including phenoxy) is 1. The van der Waals surface area contributed by atoms with E-state index in [2.05, 4.69) is 28.0 Å². The van der Waals surface area contributed by atoms with Crippen molar-refractivity contribution in [2.24, 2.45) is 15.0 Å². The van der Waals surface area contributed by atoms with Gasteiger partial charge in [0.2, 0.25) is 5.11 Å². The molecule has 0 saturated heterocycles. The van der Waals surface area contributed by atoms with E-state index in [4.69, 9.17) is 17.0 Å². The molecule has 2 aromatic rings. The van der Waals surface area contributed by atoms with Crippen LogP contribution in [-0.2, 0) is 0 Å². The average molecular weight is 295 g/mol. The van der Waals surface area contributed by atoms with Gasteiger partial charge in [0, 0.05) is 11.8 Å². The molecule has 0 spiro atoms. The van der Waals surface area contributed by atoms with E-state index in [1.807, 2.05) is 42.6 Å². The van der Waals surface area contributed by atoms with Crippen LogP contribution >= 0.6 is 12.2 Å². The first kappa shape index (κ1) is 13.6. The van der Waals surface area contributed by atoms with Gasteiger partial charge in [-0.05, 0) is 43.4 Å². The van der Waals surface area contributed by atoms with Crippen LogP contribution < -0.4 is 15.5 Å². The lowest BCUT2D eigenvalue weighted by Gasteiger charge is -2.11. The zero-order valence-corrected chi connectivity index (χ0v) is 12.3. The molecule has 0 saturated carbocycles. The van der Waals surface area contributed by atoms with Gasteiger partial charge in [-0.2, -0.15) is 0 Å². The summed E-state index contributed by atoms with van der Waals surface area (Å²) in [5.74, 6) is 0.936. The third-order valence-corrected chi connectivity index (χ3v) is 3.19. The smallest absolute Gasteiger partial charge is 0.220 e. The van der Waals surface area contributed by atoms with Gasteiger partial charge in [0.25, 0.3) is 0 Å². The van der Waals surface area contributed by atoms with Crippen molar-refractivity contribution in [3.63, 3.8) is 0 Å². The van der Waals surface area contributed by atoms with Crippen molar-refractivity contribution in [3.8, 4) is 5.75 Å². The number of rotatable bonds is 0. The number of aryl methyl sites for hydroxylation is 1. The highest BCUT2D eigenvalue weighted by Crippen LogP contribution is 2.20. The Labute approximate surface area is 127 Å². The van der Waals surface area contributed by atoms with Crippen LogP contribution in [0.2, 0.25) is 0 Å². The third kappa shape index (κ3) is 3.20. The molecule has 104 valence electrons. The summed E-state index contributed by atoms with van der Waals surface area (Å²) in [5.41, 5.74) is 2.32. The van der Waals surface area contributed by atoms with Crippen LogP contribution in [0.15, 0.2) is 57.4 Å². The van der Waals surface area contributed by atoms with Gasteiger partial charge < -0.3 is 4.74 Å². The maximum absolute atomic E-state index is 5.28. The van der Waals surface area contributed by atoms with Gasteiger partial charge in [-0.1, -0.05) is 23.8 Å². The molecule has 2 heterocycles. The van der Waals surface area contributed by atoms with Crippen molar-refractivity contribution in [3.05, 3.63) is 64.3 Å². The molecule has 0 aromatic heterocycles. The molecule has 5 heteroatoms. The fourth-order valence-electron chi connectivity index (χ4n) is 2.03. The Balaban J connectivity index is 0.000000126. The number of nitrogens with zero attached hydrogens (tertiary/aromatic N) is 3. The Morgan fingerprint density at radius 1 is 1.05 bits per heavy atom. The van der Waals surface area contributed by atoms with Crippen molar-refractivity contribution in [1.29, 1.82) is 0 Å². The summed E-state index contributed by atoms with van der Waals surface area (Å²) < 4.78 is 5.28. The number of fused-ring (bicyclic) bond motifs is 2. The molecule has 0 fully saturated rings. The quantitative estimate of drug-likeness (QED) is 0.698. The van der Waals surface area contributed by atoms with E-state index in [-0.39, 0.29) is 0 Å². The highest BCUT2D eigenvalue weighted by Gasteiger charge is 2.04. The largest absolute Gasteiger partial charge is 0.471 e. The van der Waals surface area contributed by atoms with Crippen molar-refractivity contribution in [1.82, 2.24) is 0 Å². The third-order valence-electron chi connectivity index (χ3n) is 3.00. The first-order valence-corrected chi connectivity index (χ1v) is 6.93. The molecule has 0 bridgehead atoms. The molecule has 0 radical (unpaired) electrons. The molecule has 0 N–H and O–H groups in total. The van der Waals surface area contributed by atoms with Gasteiger partial charge in [-0.15, -0.1) is 0 Å². The predicted molar refractivity (Wildman–Crippen MR) is 85.6 cm³/mol. The summed E-state index contributed by atoms with van der Waals surface area (Å²) in [6.07, 6.45) is 1.85. The van der Waals surface area contributed by atoms with E-state index in [0.29, 0.717) is 11.8 Å². The zero-order chi connectivity index (χ0) is 14.7. The molecule has 4 nitrogen and oxygen atoms in total. The molecule has 0 aliphatic carbocycles. The van der Waals surface area contributed by atoms with Gasteiger partial charge in [0.1, 0.15) is 5.75 Å². The van der Waals surface area contributed by atoms with E-state index in [9.17, 15) is 0 Å². The average Bonchev–Trinajstić information content (AvgIpc) is 2.88. The van der Waals surface area contributed by atoms with Crippen LogP contribution in [0, 0.1) is 6.92 Å². The highest BCUT2D eigenvalue weighted by molar-refractivity contribution is 7.80. The Morgan fingerprint density at radius 2 is 1.76 bits per heavy atom. The minimum absolute atomic E-state index is 0.432. The second-order valence-electron chi connectivity index (χ2n) is 4.62. The standard InChI is InChI=1S/C9H9NO.C7H4N2S/c1-7-2-3-9-8(4-7)5-10-6-11-9;10-7-8-5-3-1-2-4-6(5)9-7/h2-5H,6H2,1H3;1-4H. The van der Waals surface area contributed by atoms with Crippen LogP contribution in [-0.4, -0.2) is 18.1 Å². The number of hydrogen-bond acceptors (Lipinski definition) is 3. The molecule has 0 atom stereocenters. The van der Waals surface area contributed by atoms with Gasteiger partial charge >= 0.3 is 0 Å². The van der Waals surface area contributed by atoms with Crippen molar-refractivity contribution >= 4 is 23.5 Å². The second kappa shape index (κ2) is 5.93. The second-order valence-corrected chi connectivity index (χ2v) is 4.99. The highest BCUT2D eigenvalue weighted by atomic mass is 32.1. The monoisotopic (exact) mass is 295 g/mol. The Morgan fingerprint density at radius 3 is 2.48 bits per heavy atom. The Kier molecular flexibility index (Phi) is 3.83. The number of thiocarbonyl (C=S) groups is 1. The van der Waals surface area contributed by atoms with Gasteiger partial charge in [0.05, 0.1) is 10.7 Å². The molecule has 0 amide bonds. The predicted octanol–water partition coefficient (Wildman–Crippen LogP) is 1.99. The fraction of sp³-hybridized carbons (Fsp3) is 0.125. The number of aliphatic imine (C=N–C) groups is 1. The fourth-order valence-corrected chi connectivity index (χ4v) is 2.22. The van der Waals surface area contributed by atoms with Crippen molar-refractivity contribution in [2.45, 2.75) is 6.92 Å². The minimum Gasteiger partial charge on any atom is -0.471 e. The molecule has 2 aromatic carbocycles. The lowest BCUT2D eigenvalue weighted by atomic mass is 10.1. The summed E-state index contributed by atoms with van der Waals surface area (Å²) >= 11 is 4.79. The Hall–Kier alpha value is -2.40. The van der Waals surface area contributed by atoms with Crippen LogP contribution in [0.5, 0.6) is 5.75 Å². The zero-order valence-electron chi connectivity index (χ0n) is 11.5. The van der Waals surface area contributed by atoms with E-state index in [1.165, 1.54) is 5.56 Å². The lowest BCUT2D eigenvalue weighted by Crippen LogP contribution is -2.19. The summed E-state index contributed by atoms with van der Waals surface area (Å²) in [6, 6.07) is 13.7. The summed E-state index contributed by atoms with van der Waals surface area (Å²) in [7, 11) is 0. The van der Waals surface area contributed by atoms with Gasteiger partial charge in [-0.3, -0.25) is 4.99 Å². The molecule has 2 aliphatic heterocycles. The minimum atomic E-state index is 0.432. The van der Waals surface area contributed by atoms with Gasteiger partial charge in [0.15, 0.2) is 6.73 Å². The van der Waals surface area contributed by atoms with Crippen molar-refractivity contribution in [2.75, 3.05) is 6.73 Å². The normalized spacial score (nSPS) is 13.9. The molecule has 0 unspecified atom stereocenters. The number of para-hydroxylation sites is 2. The summed E-state index contributed by atoms with van der Waals surface area (Å²) in [6.45, 7) is 2.51. The lowest BCUT2D eigenvalue weighted by molar-refractivity contribution is 0.326. The number of hydrogen-bond donors (Lipinski definition) is 0. The molecule has 4 rings (SSSR count). The van der Waals surface area contributed by atoms with E-state index in [0.717, 1.165) is 22.0 Å². The Bertz CT molecular complexity index is 806. The maximum Gasteiger partial charge on any atom is 0.220 e. The van der Waals surface area contributed by atoms with Crippen LogP contribution in [0.25, 0.3) is 0 Å². The topological polar surface area (TPSA) is 46.3 Å². The summed E-state index contributed by atoms with van der Waals surface area (Å²) in [5, 5.41) is 2.20. The first-order chi connectivity index (χ1) is 10.2. The van der Waals surface area contributed by atoms with Gasteiger partial charge in [-0.25, -0.2) is 9.98 Å². The number of benzene rings is 2. The SMILES string of the molecule is Cc1ccc2c(c1)C=NCO2.S=C1N=c2ccccc2=N1. The molecule has 21 heavy (non-hydrogen) atoms.